The van der Waals surface area contributed by atoms with E-state index in [4.69, 9.17) is 0 Å². The van der Waals surface area contributed by atoms with Gasteiger partial charge in [-0.05, 0) is 112 Å². The van der Waals surface area contributed by atoms with E-state index in [9.17, 15) is 10.2 Å². The summed E-state index contributed by atoms with van der Waals surface area (Å²) in [7, 11) is 2.33. The van der Waals surface area contributed by atoms with Crippen LogP contribution in [0.1, 0.15) is 91.4 Å². The van der Waals surface area contributed by atoms with Crippen LogP contribution >= 0.6 is 0 Å². The average molecular weight is 430 g/mol. The van der Waals surface area contributed by atoms with Gasteiger partial charge in [0, 0.05) is 6.04 Å². The summed E-state index contributed by atoms with van der Waals surface area (Å²) < 4.78 is 0. The monoisotopic (exact) mass is 429 g/mol. The van der Waals surface area contributed by atoms with Crippen LogP contribution in [0.25, 0.3) is 0 Å². The Balaban J connectivity index is 1.41. The summed E-state index contributed by atoms with van der Waals surface area (Å²) in [6.07, 6.45) is 15.4. The first kappa shape index (κ1) is 22.4. The lowest BCUT2D eigenvalue weighted by Gasteiger charge is -2.58. The van der Waals surface area contributed by atoms with Crippen molar-refractivity contribution in [1.82, 2.24) is 4.90 Å². The van der Waals surface area contributed by atoms with Gasteiger partial charge in [0.25, 0.3) is 0 Å². The van der Waals surface area contributed by atoms with Gasteiger partial charge in [0.05, 0.1) is 12.2 Å². The summed E-state index contributed by atoms with van der Waals surface area (Å²) in [5.41, 5.74) is 2.13. The van der Waals surface area contributed by atoms with Crippen LogP contribution in [0.5, 0.6) is 0 Å². The van der Waals surface area contributed by atoms with Crippen LogP contribution in [0.4, 0.5) is 0 Å². The molecule has 4 aliphatic carbocycles. The molecule has 3 saturated carbocycles. The van der Waals surface area contributed by atoms with Crippen molar-refractivity contribution in [3.8, 4) is 0 Å². The Bertz CT molecular complexity index is 705. The molecule has 0 aromatic carbocycles. The van der Waals surface area contributed by atoms with Gasteiger partial charge in [0.2, 0.25) is 0 Å². The van der Waals surface area contributed by atoms with E-state index >= 15 is 0 Å². The second-order valence-corrected chi connectivity index (χ2v) is 12.8. The molecule has 1 aliphatic heterocycles. The van der Waals surface area contributed by atoms with E-state index in [1.165, 1.54) is 51.5 Å². The number of aliphatic hydroxyl groups excluding tert-OH is 2. The number of nitrogens with zero attached hydrogens (tertiary/aromatic N) is 1. The molecule has 31 heavy (non-hydrogen) atoms. The highest BCUT2D eigenvalue weighted by molar-refractivity contribution is 5.25. The van der Waals surface area contributed by atoms with Gasteiger partial charge in [-0.2, -0.15) is 0 Å². The van der Waals surface area contributed by atoms with Crippen LogP contribution in [0, 0.1) is 40.4 Å². The van der Waals surface area contributed by atoms with Crippen molar-refractivity contribution in [3.63, 3.8) is 0 Å². The normalized spacial score (nSPS) is 51.8. The molecule has 5 aliphatic rings. The van der Waals surface area contributed by atoms with Crippen molar-refractivity contribution in [1.29, 1.82) is 0 Å². The number of likely N-dealkylation sites (tertiary alicyclic amines) is 1. The topological polar surface area (TPSA) is 43.7 Å². The SMILES string of the molecule is CC(C1CCCCCN1C)C1C(O)CC2C3CC=C4CC(O)CCC4(C)C3CCC21C. The zero-order valence-corrected chi connectivity index (χ0v) is 20.5. The molecule has 1 saturated heterocycles. The van der Waals surface area contributed by atoms with Gasteiger partial charge < -0.3 is 15.1 Å². The molecule has 2 N–H and O–H groups in total. The third-order valence-electron chi connectivity index (χ3n) is 11.4. The predicted molar refractivity (Wildman–Crippen MR) is 127 cm³/mol. The van der Waals surface area contributed by atoms with E-state index in [2.05, 4.69) is 38.8 Å². The maximum atomic E-state index is 11.5. The van der Waals surface area contributed by atoms with Crippen molar-refractivity contribution in [2.24, 2.45) is 40.4 Å². The van der Waals surface area contributed by atoms with Crippen molar-refractivity contribution in [2.45, 2.75) is 110 Å². The molecular formula is C28H47NO2. The van der Waals surface area contributed by atoms with Crippen LogP contribution < -0.4 is 0 Å². The fraction of sp³-hybridized carbons (Fsp3) is 0.929. The number of hydrogen-bond donors (Lipinski definition) is 2. The molecule has 0 spiro atoms. The van der Waals surface area contributed by atoms with Crippen LogP contribution in [0.3, 0.4) is 0 Å². The lowest BCUT2D eigenvalue weighted by molar-refractivity contribution is -0.0692. The van der Waals surface area contributed by atoms with E-state index in [1.54, 1.807) is 5.57 Å². The van der Waals surface area contributed by atoms with Crippen molar-refractivity contribution in [2.75, 3.05) is 13.6 Å². The second kappa shape index (κ2) is 8.13. The highest BCUT2D eigenvalue weighted by atomic mass is 16.3. The molecule has 0 amide bonds. The zero-order valence-electron chi connectivity index (χ0n) is 20.5. The molecule has 3 heteroatoms. The van der Waals surface area contributed by atoms with Crippen LogP contribution in [0.2, 0.25) is 0 Å². The molecule has 0 bridgehead atoms. The van der Waals surface area contributed by atoms with Gasteiger partial charge in [-0.25, -0.2) is 0 Å². The first-order valence-electron chi connectivity index (χ1n) is 13.5. The molecule has 0 radical (unpaired) electrons. The Morgan fingerprint density at radius 3 is 2.65 bits per heavy atom. The van der Waals surface area contributed by atoms with Crippen molar-refractivity contribution >= 4 is 0 Å². The van der Waals surface area contributed by atoms with Gasteiger partial charge in [0.15, 0.2) is 0 Å². The van der Waals surface area contributed by atoms with E-state index in [0.717, 1.165) is 37.5 Å². The van der Waals surface area contributed by atoms with E-state index in [0.29, 0.717) is 29.2 Å². The fourth-order valence-corrected chi connectivity index (χ4v) is 9.83. The minimum atomic E-state index is -0.133. The molecule has 5 rings (SSSR count). The summed E-state index contributed by atoms with van der Waals surface area (Å²) in [5.74, 6) is 3.14. The Labute approximate surface area is 190 Å². The number of allylic oxidation sites excluding steroid dienone is 1. The number of fused-ring (bicyclic) bond motifs is 5. The Kier molecular flexibility index (Phi) is 5.88. The first-order valence-corrected chi connectivity index (χ1v) is 13.5. The zero-order chi connectivity index (χ0) is 22.0. The van der Waals surface area contributed by atoms with E-state index in [1.807, 2.05) is 0 Å². The van der Waals surface area contributed by atoms with Crippen molar-refractivity contribution < 1.29 is 10.2 Å². The molecule has 1 heterocycles. The molecule has 3 nitrogen and oxygen atoms in total. The fourth-order valence-electron chi connectivity index (χ4n) is 9.83. The van der Waals surface area contributed by atoms with Gasteiger partial charge in [-0.3, -0.25) is 0 Å². The molecule has 176 valence electrons. The quantitative estimate of drug-likeness (QED) is 0.577. The molecule has 4 fully saturated rings. The Morgan fingerprint density at radius 1 is 1.03 bits per heavy atom. The van der Waals surface area contributed by atoms with Gasteiger partial charge >= 0.3 is 0 Å². The third kappa shape index (κ3) is 3.48. The minimum absolute atomic E-state index is 0.125. The summed E-state index contributed by atoms with van der Waals surface area (Å²) in [4.78, 5) is 2.62. The smallest absolute Gasteiger partial charge is 0.0579 e. The molecular weight excluding hydrogens is 382 g/mol. The van der Waals surface area contributed by atoms with Gasteiger partial charge in [-0.1, -0.05) is 45.3 Å². The third-order valence-corrected chi connectivity index (χ3v) is 11.4. The lowest BCUT2D eigenvalue weighted by atomic mass is 9.47. The Hall–Kier alpha value is -0.380. The summed E-state index contributed by atoms with van der Waals surface area (Å²) in [6.45, 7) is 8.77. The summed E-state index contributed by atoms with van der Waals surface area (Å²) in [5, 5.41) is 21.8. The lowest BCUT2D eigenvalue weighted by Crippen LogP contribution is -2.52. The maximum absolute atomic E-state index is 11.5. The molecule has 0 aromatic rings. The minimum Gasteiger partial charge on any atom is -0.393 e. The van der Waals surface area contributed by atoms with Crippen LogP contribution in [-0.4, -0.2) is 47.0 Å². The van der Waals surface area contributed by atoms with Gasteiger partial charge in [-0.15, -0.1) is 0 Å². The standard InChI is InChI=1S/C28H47NO2/c1-18(24-8-6-5-7-15-29(24)4)26-25(31)17-23-21-10-9-19-16-20(30)11-13-27(19,2)22(21)12-14-28(23,26)3/h9,18,20-26,30-31H,5-8,10-17H2,1-4H3. The molecule has 10 unspecified atom stereocenters. The number of rotatable bonds is 2. The number of hydrogen-bond acceptors (Lipinski definition) is 3. The van der Waals surface area contributed by atoms with E-state index < -0.39 is 0 Å². The van der Waals surface area contributed by atoms with Gasteiger partial charge in [0.1, 0.15) is 0 Å². The summed E-state index contributed by atoms with van der Waals surface area (Å²) in [6, 6.07) is 0.630. The first-order chi connectivity index (χ1) is 14.8. The van der Waals surface area contributed by atoms with Crippen LogP contribution in [-0.2, 0) is 0 Å². The summed E-state index contributed by atoms with van der Waals surface area (Å²) >= 11 is 0. The second-order valence-electron chi connectivity index (χ2n) is 12.8. The highest BCUT2D eigenvalue weighted by Gasteiger charge is 2.62. The molecule has 10 atom stereocenters. The highest BCUT2D eigenvalue weighted by Crippen LogP contribution is 2.67. The maximum Gasteiger partial charge on any atom is 0.0579 e. The van der Waals surface area contributed by atoms with Crippen molar-refractivity contribution in [3.05, 3.63) is 11.6 Å². The Morgan fingerprint density at radius 2 is 1.84 bits per heavy atom. The van der Waals surface area contributed by atoms with Crippen LogP contribution in [0.15, 0.2) is 11.6 Å². The predicted octanol–water partition coefficient (Wildman–Crippen LogP) is 5.41. The van der Waals surface area contributed by atoms with E-state index in [-0.39, 0.29) is 17.6 Å². The molecule has 0 aromatic heterocycles. The number of aliphatic hydroxyl groups is 2. The largest absolute Gasteiger partial charge is 0.393 e. The average Bonchev–Trinajstić information content (AvgIpc) is 2.85.